The largest absolute Gasteiger partial charge is 0.489 e. The Morgan fingerprint density at radius 1 is 1.19 bits per heavy atom. The van der Waals surface area contributed by atoms with Crippen LogP contribution < -0.4 is 10.1 Å². The van der Waals surface area contributed by atoms with Gasteiger partial charge in [0.1, 0.15) is 17.9 Å². The first-order valence-corrected chi connectivity index (χ1v) is 9.53. The molecule has 0 saturated carbocycles. The number of hydrogen-bond acceptors (Lipinski definition) is 5. The molecule has 1 aromatic carbocycles. The lowest BCUT2D eigenvalue weighted by molar-refractivity contribution is -0.136. The lowest BCUT2D eigenvalue weighted by Crippen LogP contribution is -2.52. The highest BCUT2D eigenvalue weighted by atomic mass is 16.5. The van der Waals surface area contributed by atoms with Gasteiger partial charge in [-0.05, 0) is 49.6 Å². The van der Waals surface area contributed by atoms with Gasteiger partial charge in [0.05, 0.1) is 0 Å². The average molecular weight is 371 g/mol. The Hall–Kier alpha value is -2.41. The third-order valence-electron chi connectivity index (χ3n) is 5.60. The number of piperidine rings is 2. The first-order valence-electron chi connectivity index (χ1n) is 9.53. The first-order chi connectivity index (χ1) is 12.9. The summed E-state index contributed by atoms with van der Waals surface area (Å²) in [5.41, 5.74) is 1.49. The Kier molecular flexibility index (Phi) is 4.63. The molecular formula is C20H25N3O4. The van der Waals surface area contributed by atoms with Crippen molar-refractivity contribution in [3.05, 3.63) is 29.3 Å². The zero-order valence-corrected chi connectivity index (χ0v) is 15.7. The fourth-order valence-corrected chi connectivity index (χ4v) is 4.45. The van der Waals surface area contributed by atoms with E-state index in [1.54, 1.807) is 11.0 Å². The van der Waals surface area contributed by atoms with Crippen molar-refractivity contribution in [2.45, 2.75) is 44.9 Å². The van der Waals surface area contributed by atoms with Gasteiger partial charge >= 0.3 is 0 Å². The second-order valence-corrected chi connectivity index (χ2v) is 8.02. The van der Waals surface area contributed by atoms with E-state index < -0.39 is 6.04 Å². The molecule has 0 aromatic heterocycles. The summed E-state index contributed by atoms with van der Waals surface area (Å²) in [5, 5.41) is 2.33. The highest BCUT2D eigenvalue weighted by Gasteiger charge is 2.39. The fourth-order valence-electron chi connectivity index (χ4n) is 4.45. The number of nitrogens with zero attached hydrogens (tertiary/aromatic N) is 2. The number of rotatable bonds is 3. The summed E-state index contributed by atoms with van der Waals surface area (Å²) in [6.45, 7) is 4.58. The Morgan fingerprint density at radius 2 is 2.00 bits per heavy atom. The maximum absolute atomic E-state index is 12.7. The molecule has 2 fully saturated rings. The van der Waals surface area contributed by atoms with Crippen LogP contribution in [-0.4, -0.2) is 59.8 Å². The highest BCUT2D eigenvalue weighted by molar-refractivity contribution is 6.05. The molecule has 3 amide bonds. The van der Waals surface area contributed by atoms with E-state index >= 15 is 0 Å². The molecule has 0 aliphatic carbocycles. The van der Waals surface area contributed by atoms with Crippen LogP contribution in [0.4, 0.5) is 0 Å². The Morgan fingerprint density at radius 3 is 2.74 bits per heavy atom. The minimum Gasteiger partial charge on any atom is -0.489 e. The number of fused-ring (bicyclic) bond motifs is 1. The monoisotopic (exact) mass is 371 g/mol. The van der Waals surface area contributed by atoms with Crippen LogP contribution in [0.15, 0.2) is 18.2 Å². The summed E-state index contributed by atoms with van der Waals surface area (Å²) in [6.07, 6.45) is 1.79. The van der Waals surface area contributed by atoms with Crippen molar-refractivity contribution < 1.29 is 19.1 Å². The molecule has 0 spiro atoms. The van der Waals surface area contributed by atoms with E-state index in [-0.39, 0.29) is 30.2 Å². The summed E-state index contributed by atoms with van der Waals surface area (Å²) < 4.78 is 6.18. The Balaban J connectivity index is 1.47. The number of nitrogens with one attached hydrogen (secondary N) is 1. The second kappa shape index (κ2) is 6.96. The zero-order chi connectivity index (χ0) is 19.1. The fraction of sp³-hybridized carbons (Fsp3) is 0.550. The molecule has 3 atom stereocenters. The van der Waals surface area contributed by atoms with Crippen LogP contribution in [0.1, 0.15) is 42.1 Å². The lowest BCUT2D eigenvalue weighted by atomic mass is 9.98. The van der Waals surface area contributed by atoms with Crippen molar-refractivity contribution in [1.29, 1.82) is 0 Å². The number of likely N-dealkylation sites (tertiary alicyclic amines) is 1. The minimum atomic E-state index is -0.584. The van der Waals surface area contributed by atoms with Crippen molar-refractivity contribution in [3.8, 4) is 5.75 Å². The third-order valence-corrected chi connectivity index (χ3v) is 5.60. The molecule has 0 radical (unpaired) electrons. The van der Waals surface area contributed by atoms with Gasteiger partial charge < -0.3 is 14.5 Å². The van der Waals surface area contributed by atoms with Gasteiger partial charge in [-0.3, -0.25) is 19.7 Å². The molecule has 3 heterocycles. The molecule has 3 aliphatic heterocycles. The molecule has 7 nitrogen and oxygen atoms in total. The summed E-state index contributed by atoms with van der Waals surface area (Å²) in [6, 6.07) is 4.96. The normalized spacial score (nSPS) is 28.9. The van der Waals surface area contributed by atoms with Crippen molar-refractivity contribution in [1.82, 2.24) is 15.1 Å². The minimum absolute atomic E-state index is 0.139. The van der Waals surface area contributed by atoms with Crippen LogP contribution in [-0.2, 0) is 16.1 Å². The van der Waals surface area contributed by atoms with Gasteiger partial charge in [0, 0.05) is 31.6 Å². The van der Waals surface area contributed by atoms with Crippen LogP contribution in [0.5, 0.6) is 5.75 Å². The van der Waals surface area contributed by atoms with E-state index in [1.165, 1.54) is 0 Å². The van der Waals surface area contributed by atoms with Crippen molar-refractivity contribution >= 4 is 17.7 Å². The molecule has 144 valence electrons. The van der Waals surface area contributed by atoms with E-state index in [1.807, 2.05) is 12.1 Å². The molecule has 0 bridgehead atoms. The predicted molar refractivity (Wildman–Crippen MR) is 98.2 cm³/mol. The molecule has 27 heavy (non-hydrogen) atoms. The average Bonchev–Trinajstić information content (AvgIpc) is 2.90. The topological polar surface area (TPSA) is 79.0 Å². The molecule has 1 aromatic rings. The maximum Gasteiger partial charge on any atom is 0.255 e. The van der Waals surface area contributed by atoms with Gasteiger partial charge in [0.2, 0.25) is 11.8 Å². The standard InChI is InChI=1S/C20H25N3O4/c1-12-7-15(11-22(2)9-12)27-14-3-4-16-13(8-14)10-23(20(16)26)17-5-6-18(24)21-19(17)25/h3-4,8,12,15,17H,5-7,9-11H2,1-2H3,(H,21,24,25)/t12-,15-,17?/m1/s1. The number of carbonyl (C=O) groups is 3. The smallest absolute Gasteiger partial charge is 0.255 e. The summed E-state index contributed by atoms with van der Waals surface area (Å²) in [5.74, 6) is 0.537. The number of benzene rings is 1. The number of likely N-dealkylation sites (N-methyl/N-ethyl adjacent to an activating group) is 1. The van der Waals surface area contributed by atoms with Gasteiger partial charge in [-0.1, -0.05) is 6.92 Å². The molecule has 2 saturated heterocycles. The SMILES string of the molecule is C[C@@H]1C[C@@H](Oc2ccc3c(c2)CN(C2CCC(=O)NC2=O)C3=O)CN(C)C1. The maximum atomic E-state index is 12.7. The van der Waals surface area contributed by atoms with E-state index in [0.717, 1.165) is 30.8 Å². The van der Waals surface area contributed by atoms with Crippen LogP contribution in [0, 0.1) is 5.92 Å². The van der Waals surface area contributed by atoms with E-state index in [4.69, 9.17) is 4.74 Å². The Labute approximate surface area is 158 Å². The number of hydrogen-bond donors (Lipinski definition) is 1. The van der Waals surface area contributed by atoms with Crippen LogP contribution >= 0.6 is 0 Å². The van der Waals surface area contributed by atoms with Crippen LogP contribution in [0.2, 0.25) is 0 Å². The zero-order valence-electron chi connectivity index (χ0n) is 15.7. The first kappa shape index (κ1) is 18.0. The van der Waals surface area contributed by atoms with Crippen molar-refractivity contribution in [2.75, 3.05) is 20.1 Å². The van der Waals surface area contributed by atoms with Crippen LogP contribution in [0.25, 0.3) is 0 Å². The lowest BCUT2D eigenvalue weighted by Gasteiger charge is -2.34. The predicted octanol–water partition coefficient (Wildman–Crippen LogP) is 1.17. The van der Waals surface area contributed by atoms with E-state index in [2.05, 4.69) is 24.2 Å². The van der Waals surface area contributed by atoms with E-state index in [9.17, 15) is 14.4 Å². The number of amides is 3. The number of imide groups is 1. The van der Waals surface area contributed by atoms with Gasteiger partial charge in [0.25, 0.3) is 5.91 Å². The third kappa shape index (κ3) is 3.56. The van der Waals surface area contributed by atoms with E-state index in [0.29, 0.717) is 24.4 Å². The molecule has 4 rings (SSSR count). The molecule has 1 unspecified atom stereocenters. The quantitative estimate of drug-likeness (QED) is 0.807. The van der Waals surface area contributed by atoms with Crippen molar-refractivity contribution in [2.24, 2.45) is 5.92 Å². The van der Waals surface area contributed by atoms with Gasteiger partial charge in [-0.15, -0.1) is 0 Å². The molecule has 3 aliphatic rings. The summed E-state index contributed by atoms with van der Waals surface area (Å²) >= 11 is 0. The molecular weight excluding hydrogens is 346 g/mol. The van der Waals surface area contributed by atoms with Gasteiger partial charge in [-0.25, -0.2) is 0 Å². The Bertz CT molecular complexity index is 783. The van der Waals surface area contributed by atoms with Crippen molar-refractivity contribution in [3.63, 3.8) is 0 Å². The van der Waals surface area contributed by atoms with Crippen LogP contribution in [0.3, 0.4) is 0 Å². The van der Waals surface area contributed by atoms with Gasteiger partial charge in [0.15, 0.2) is 0 Å². The molecule has 1 N–H and O–H groups in total. The summed E-state index contributed by atoms with van der Waals surface area (Å²) in [7, 11) is 2.10. The second-order valence-electron chi connectivity index (χ2n) is 8.02. The number of carbonyl (C=O) groups excluding carboxylic acids is 3. The van der Waals surface area contributed by atoms with Gasteiger partial charge in [-0.2, -0.15) is 0 Å². The highest BCUT2D eigenvalue weighted by Crippen LogP contribution is 2.31. The number of ether oxygens (including phenoxy) is 1. The molecule has 7 heteroatoms. The summed E-state index contributed by atoms with van der Waals surface area (Å²) in [4.78, 5) is 40.0.